The molecule has 1 unspecified atom stereocenters. The van der Waals surface area contributed by atoms with Crippen molar-refractivity contribution in [3.8, 4) is 5.75 Å². The summed E-state index contributed by atoms with van der Waals surface area (Å²) < 4.78 is 7.58. The van der Waals surface area contributed by atoms with Crippen molar-refractivity contribution < 1.29 is 4.74 Å². The van der Waals surface area contributed by atoms with Crippen LogP contribution in [0.25, 0.3) is 0 Å². The van der Waals surface area contributed by atoms with Crippen LogP contribution >= 0.6 is 15.9 Å². The zero-order chi connectivity index (χ0) is 14.5. The summed E-state index contributed by atoms with van der Waals surface area (Å²) in [5, 5.41) is 0. The molecule has 4 rings (SSSR count). The second kappa shape index (κ2) is 4.99. The van der Waals surface area contributed by atoms with Crippen LogP contribution < -0.4 is 10.5 Å². The minimum absolute atomic E-state index is 0.00104. The van der Waals surface area contributed by atoms with Gasteiger partial charge >= 0.3 is 0 Å². The molecule has 1 heterocycles. The molecule has 21 heavy (non-hydrogen) atoms. The van der Waals surface area contributed by atoms with Crippen LogP contribution in [-0.4, -0.2) is 5.60 Å². The molecule has 3 aliphatic rings. The maximum absolute atomic E-state index is 6.50. The number of halogens is 1. The minimum Gasteiger partial charge on any atom is -0.487 e. The van der Waals surface area contributed by atoms with E-state index in [2.05, 4.69) is 34.1 Å². The van der Waals surface area contributed by atoms with Gasteiger partial charge in [0.25, 0.3) is 0 Å². The number of fused-ring (bicyclic) bond motifs is 1. The third-order valence-electron chi connectivity index (χ3n) is 6.18. The largest absolute Gasteiger partial charge is 0.487 e. The highest BCUT2D eigenvalue weighted by molar-refractivity contribution is 9.10. The van der Waals surface area contributed by atoms with E-state index in [-0.39, 0.29) is 11.6 Å². The molecule has 2 saturated carbocycles. The number of rotatable bonds is 0. The second-order valence-corrected chi connectivity index (χ2v) is 8.40. The highest BCUT2D eigenvalue weighted by atomic mass is 79.9. The number of nitrogens with two attached hydrogens (primary N) is 1. The van der Waals surface area contributed by atoms with Gasteiger partial charge in [0, 0.05) is 22.5 Å². The first-order chi connectivity index (χ1) is 10.1. The molecule has 1 aromatic rings. The molecule has 0 radical (unpaired) electrons. The first-order valence-corrected chi connectivity index (χ1v) is 9.13. The van der Waals surface area contributed by atoms with E-state index in [4.69, 9.17) is 10.5 Å². The quantitative estimate of drug-likeness (QED) is 0.706. The molecule has 2 N–H and O–H groups in total. The molecule has 0 aromatic heterocycles. The molecule has 0 bridgehead atoms. The van der Waals surface area contributed by atoms with Crippen LogP contribution in [0.3, 0.4) is 0 Å². The molecule has 0 saturated heterocycles. The van der Waals surface area contributed by atoms with Crippen LogP contribution in [0.5, 0.6) is 5.75 Å². The average Bonchev–Trinajstić information content (AvgIpc) is 2.91. The van der Waals surface area contributed by atoms with E-state index in [9.17, 15) is 0 Å². The van der Waals surface area contributed by atoms with Crippen LogP contribution in [0, 0.1) is 5.41 Å². The smallest absolute Gasteiger partial charge is 0.126 e. The minimum atomic E-state index is 0.00104. The summed E-state index contributed by atoms with van der Waals surface area (Å²) in [6, 6.07) is 6.39. The fraction of sp³-hybridized carbons (Fsp3) is 0.667. The Morgan fingerprint density at radius 2 is 1.76 bits per heavy atom. The van der Waals surface area contributed by atoms with Crippen molar-refractivity contribution in [1.29, 1.82) is 0 Å². The van der Waals surface area contributed by atoms with Crippen molar-refractivity contribution in [2.45, 2.75) is 69.4 Å². The Morgan fingerprint density at radius 3 is 2.48 bits per heavy atom. The highest BCUT2D eigenvalue weighted by Crippen LogP contribution is 2.55. The number of ether oxygens (including phenoxy) is 1. The van der Waals surface area contributed by atoms with Gasteiger partial charge in [0.05, 0.1) is 0 Å². The van der Waals surface area contributed by atoms with E-state index < -0.39 is 0 Å². The molecular weight excluding hydrogens is 326 g/mol. The third kappa shape index (κ3) is 2.43. The Hall–Kier alpha value is -0.540. The topological polar surface area (TPSA) is 35.2 Å². The predicted molar refractivity (Wildman–Crippen MR) is 88.4 cm³/mol. The lowest BCUT2D eigenvalue weighted by Crippen LogP contribution is -2.47. The van der Waals surface area contributed by atoms with Gasteiger partial charge in [-0.3, -0.25) is 0 Å². The van der Waals surface area contributed by atoms with Crippen LogP contribution in [0.15, 0.2) is 22.7 Å². The summed E-state index contributed by atoms with van der Waals surface area (Å²) in [4.78, 5) is 0. The summed E-state index contributed by atoms with van der Waals surface area (Å²) >= 11 is 3.55. The fourth-order valence-electron chi connectivity index (χ4n) is 4.86. The van der Waals surface area contributed by atoms with Crippen molar-refractivity contribution in [2.24, 2.45) is 11.1 Å². The van der Waals surface area contributed by atoms with E-state index in [1.54, 1.807) is 0 Å². The summed E-state index contributed by atoms with van der Waals surface area (Å²) in [5.74, 6) is 1.01. The summed E-state index contributed by atoms with van der Waals surface area (Å²) in [6.45, 7) is 0. The van der Waals surface area contributed by atoms with E-state index >= 15 is 0 Å². The van der Waals surface area contributed by atoms with Gasteiger partial charge in [-0.05, 0) is 56.1 Å². The average molecular weight is 350 g/mol. The Morgan fingerprint density at radius 1 is 1.05 bits per heavy atom. The monoisotopic (exact) mass is 349 g/mol. The van der Waals surface area contributed by atoms with Crippen molar-refractivity contribution >= 4 is 15.9 Å². The first kappa shape index (κ1) is 14.1. The maximum Gasteiger partial charge on any atom is 0.126 e. The molecule has 1 atom stereocenters. The standard InChI is InChI=1S/C18H24BrNO/c19-13-3-4-14-15(20)12-18(21-16(14)11-13)9-7-17(8-10-18)5-1-2-6-17/h3-4,11,15H,1-2,5-10,12,20H2. The summed E-state index contributed by atoms with van der Waals surface area (Å²) in [7, 11) is 0. The molecule has 1 aromatic carbocycles. The summed E-state index contributed by atoms with van der Waals surface area (Å²) in [6.07, 6.45) is 11.8. The number of hydrogen-bond acceptors (Lipinski definition) is 2. The van der Waals surface area contributed by atoms with E-state index in [0.717, 1.165) is 16.6 Å². The molecule has 114 valence electrons. The lowest BCUT2D eigenvalue weighted by atomic mass is 9.65. The molecular formula is C18H24BrNO. The van der Waals surface area contributed by atoms with Gasteiger partial charge < -0.3 is 10.5 Å². The summed E-state index contributed by atoms with van der Waals surface area (Å²) in [5.41, 5.74) is 8.27. The van der Waals surface area contributed by atoms with Crippen molar-refractivity contribution in [3.05, 3.63) is 28.2 Å². The molecule has 2 fully saturated rings. The Bertz CT molecular complexity index is 540. The third-order valence-corrected chi connectivity index (χ3v) is 6.67. The Kier molecular flexibility index (Phi) is 3.34. The van der Waals surface area contributed by atoms with Crippen molar-refractivity contribution in [2.75, 3.05) is 0 Å². The van der Waals surface area contributed by atoms with Gasteiger partial charge in [0.1, 0.15) is 11.4 Å². The maximum atomic E-state index is 6.50. The van der Waals surface area contributed by atoms with Gasteiger partial charge in [-0.1, -0.05) is 34.8 Å². The van der Waals surface area contributed by atoms with Crippen molar-refractivity contribution in [1.82, 2.24) is 0 Å². The molecule has 2 aliphatic carbocycles. The van der Waals surface area contributed by atoms with Crippen LogP contribution in [-0.2, 0) is 0 Å². The SMILES string of the molecule is NC1CC2(CCC3(CCCC3)CC2)Oc2cc(Br)ccc21. The molecule has 2 nitrogen and oxygen atoms in total. The first-order valence-electron chi connectivity index (χ1n) is 8.34. The van der Waals surface area contributed by atoms with E-state index in [1.807, 2.05) is 0 Å². The molecule has 3 heteroatoms. The Labute approximate surface area is 135 Å². The zero-order valence-corrected chi connectivity index (χ0v) is 14.1. The normalized spacial score (nSPS) is 29.3. The van der Waals surface area contributed by atoms with Crippen LogP contribution in [0.1, 0.15) is 69.4 Å². The van der Waals surface area contributed by atoms with Gasteiger partial charge in [-0.15, -0.1) is 0 Å². The molecule has 0 amide bonds. The van der Waals surface area contributed by atoms with Gasteiger partial charge in [-0.25, -0.2) is 0 Å². The lowest BCUT2D eigenvalue weighted by molar-refractivity contribution is -0.0327. The van der Waals surface area contributed by atoms with E-state index in [0.29, 0.717) is 5.41 Å². The van der Waals surface area contributed by atoms with Gasteiger partial charge in [-0.2, -0.15) is 0 Å². The van der Waals surface area contributed by atoms with E-state index in [1.165, 1.54) is 56.9 Å². The van der Waals surface area contributed by atoms with Crippen LogP contribution in [0.2, 0.25) is 0 Å². The van der Waals surface area contributed by atoms with Crippen molar-refractivity contribution in [3.63, 3.8) is 0 Å². The molecule has 1 aliphatic heterocycles. The number of benzene rings is 1. The van der Waals surface area contributed by atoms with Crippen LogP contribution in [0.4, 0.5) is 0 Å². The Balaban J connectivity index is 1.57. The predicted octanol–water partition coefficient (Wildman–Crippen LogP) is 5.10. The zero-order valence-electron chi connectivity index (χ0n) is 12.5. The highest BCUT2D eigenvalue weighted by Gasteiger charge is 2.47. The lowest BCUT2D eigenvalue weighted by Gasteiger charge is -2.48. The fourth-order valence-corrected chi connectivity index (χ4v) is 5.20. The molecule has 2 spiro atoms. The van der Waals surface area contributed by atoms with Gasteiger partial charge in [0.15, 0.2) is 0 Å². The number of hydrogen-bond donors (Lipinski definition) is 1. The van der Waals surface area contributed by atoms with Gasteiger partial charge in [0.2, 0.25) is 0 Å². The second-order valence-electron chi connectivity index (χ2n) is 7.48.